The van der Waals surface area contributed by atoms with Gasteiger partial charge < -0.3 is 9.47 Å². The fourth-order valence-corrected chi connectivity index (χ4v) is 2.74. The minimum atomic E-state index is 0.419. The van der Waals surface area contributed by atoms with Crippen LogP contribution in [0, 0.1) is 0 Å². The molecule has 4 heteroatoms. The summed E-state index contributed by atoms with van der Waals surface area (Å²) in [4.78, 5) is 0. The molecule has 0 radical (unpaired) electrons. The van der Waals surface area contributed by atoms with Crippen molar-refractivity contribution in [2.75, 3.05) is 13.2 Å². The van der Waals surface area contributed by atoms with Gasteiger partial charge in [0, 0.05) is 11.1 Å². The predicted octanol–water partition coefficient (Wildman–Crippen LogP) is 5.63. The Balaban J connectivity index is 2.39. The van der Waals surface area contributed by atoms with E-state index in [9.17, 15) is 0 Å². The second-order valence-electron chi connectivity index (χ2n) is 4.78. The van der Waals surface area contributed by atoms with Crippen LogP contribution in [0.2, 0.25) is 0 Å². The minimum Gasteiger partial charge on any atom is -0.494 e. The van der Waals surface area contributed by atoms with Crippen molar-refractivity contribution < 1.29 is 9.47 Å². The molecule has 0 heterocycles. The van der Waals surface area contributed by atoms with Crippen LogP contribution in [0.1, 0.15) is 25.0 Å². The van der Waals surface area contributed by atoms with Gasteiger partial charge in [-0.05, 0) is 49.2 Å². The highest BCUT2D eigenvalue weighted by atomic mass is 35.5. The molecule has 2 rings (SSSR count). The molecule has 0 fully saturated rings. The molecule has 0 bridgehead atoms. The number of hydrogen-bond donors (Lipinski definition) is 0. The van der Waals surface area contributed by atoms with Gasteiger partial charge in [0.25, 0.3) is 0 Å². The molecule has 0 saturated carbocycles. The van der Waals surface area contributed by atoms with E-state index in [1.807, 2.05) is 38.1 Å². The SMILES string of the molecule is CCOc1ccc(-c2ccc(OCC)c(CCl)c2)cc1CCl. The maximum absolute atomic E-state index is 6.03. The second kappa shape index (κ2) is 8.30. The number of rotatable bonds is 7. The molecule has 0 aliphatic rings. The van der Waals surface area contributed by atoms with E-state index in [1.165, 1.54) is 0 Å². The molecule has 0 atom stereocenters. The third kappa shape index (κ3) is 3.88. The lowest BCUT2D eigenvalue weighted by molar-refractivity contribution is 0.337. The highest BCUT2D eigenvalue weighted by Gasteiger charge is 2.09. The molecule has 0 N–H and O–H groups in total. The molecule has 0 aliphatic carbocycles. The largest absolute Gasteiger partial charge is 0.494 e. The first kappa shape index (κ1) is 17.0. The zero-order valence-corrected chi connectivity index (χ0v) is 14.4. The number of ether oxygens (including phenoxy) is 2. The average molecular weight is 339 g/mol. The standard InChI is InChI=1S/C18H20Cl2O2/c1-3-21-17-7-5-13(9-15(17)11-19)14-6-8-18(22-4-2)16(10-14)12-20/h5-10H,3-4,11-12H2,1-2H3. The molecule has 0 aromatic heterocycles. The lowest BCUT2D eigenvalue weighted by Gasteiger charge is -2.13. The van der Waals surface area contributed by atoms with Crippen LogP contribution < -0.4 is 9.47 Å². The summed E-state index contributed by atoms with van der Waals surface area (Å²) >= 11 is 12.1. The van der Waals surface area contributed by atoms with Crippen molar-refractivity contribution in [1.82, 2.24) is 0 Å². The molecule has 0 saturated heterocycles. The van der Waals surface area contributed by atoms with E-state index in [-0.39, 0.29) is 0 Å². The number of hydrogen-bond acceptors (Lipinski definition) is 2. The molecule has 2 aromatic rings. The fourth-order valence-electron chi connectivity index (χ4n) is 2.32. The van der Waals surface area contributed by atoms with Crippen LogP contribution >= 0.6 is 23.2 Å². The van der Waals surface area contributed by atoms with Crippen molar-refractivity contribution in [3.8, 4) is 22.6 Å². The molecule has 0 aliphatic heterocycles. The van der Waals surface area contributed by atoms with Gasteiger partial charge in [0.05, 0.1) is 25.0 Å². The van der Waals surface area contributed by atoms with Gasteiger partial charge in [0.1, 0.15) is 11.5 Å². The summed E-state index contributed by atoms with van der Waals surface area (Å²) in [7, 11) is 0. The summed E-state index contributed by atoms with van der Waals surface area (Å²) in [5.74, 6) is 2.51. The molecular weight excluding hydrogens is 319 g/mol. The van der Waals surface area contributed by atoms with Crippen LogP contribution in [-0.2, 0) is 11.8 Å². The zero-order chi connectivity index (χ0) is 15.9. The minimum absolute atomic E-state index is 0.419. The van der Waals surface area contributed by atoms with Crippen LogP contribution in [0.4, 0.5) is 0 Å². The number of benzene rings is 2. The quantitative estimate of drug-likeness (QED) is 0.609. The zero-order valence-electron chi connectivity index (χ0n) is 12.9. The smallest absolute Gasteiger partial charge is 0.123 e. The van der Waals surface area contributed by atoms with E-state index in [1.54, 1.807) is 0 Å². The van der Waals surface area contributed by atoms with Gasteiger partial charge in [0.2, 0.25) is 0 Å². The highest BCUT2D eigenvalue weighted by molar-refractivity contribution is 6.17. The monoisotopic (exact) mass is 338 g/mol. The van der Waals surface area contributed by atoms with Crippen molar-refractivity contribution >= 4 is 23.2 Å². The Bertz CT molecular complexity index is 571. The van der Waals surface area contributed by atoms with Gasteiger partial charge in [0.15, 0.2) is 0 Å². The third-order valence-electron chi connectivity index (χ3n) is 3.34. The first-order chi connectivity index (χ1) is 10.7. The molecule has 2 nitrogen and oxygen atoms in total. The molecule has 0 spiro atoms. The van der Waals surface area contributed by atoms with Crippen LogP contribution in [0.5, 0.6) is 11.5 Å². The first-order valence-corrected chi connectivity index (χ1v) is 8.44. The third-order valence-corrected chi connectivity index (χ3v) is 3.92. The maximum atomic E-state index is 6.03. The highest BCUT2D eigenvalue weighted by Crippen LogP contribution is 2.31. The Kier molecular flexibility index (Phi) is 6.41. The van der Waals surface area contributed by atoms with E-state index in [0.29, 0.717) is 25.0 Å². The lowest BCUT2D eigenvalue weighted by atomic mass is 10.0. The maximum Gasteiger partial charge on any atom is 0.123 e. The Labute approximate surface area is 142 Å². The van der Waals surface area contributed by atoms with Crippen molar-refractivity contribution in [2.45, 2.75) is 25.6 Å². The summed E-state index contributed by atoms with van der Waals surface area (Å²) in [6.45, 7) is 5.18. The molecule has 2 aromatic carbocycles. The Hall–Kier alpha value is -1.38. The summed E-state index contributed by atoms with van der Waals surface area (Å²) in [5.41, 5.74) is 4.16. The van der Waals surface area contributed by atoms with E-state index >= 15 is 0 Å². The van der Waals surface area contributed by atoms with Crippen molar-refractivity contribution in [2.24, 2.45) is 0 Å². The van der Waals surface area contributed by atoms with E-state index in [0.717, 1.165) is 33.8 Å². The van der Waals surface area contributed by atoms with Crippen LogP contribution in [0.3, 0.4) is 0 Å². The fraction of sp³-hybridized carbons (Fsp3) is 0.333. The van der Waals surface area contributed by atoms with Gasteiger partial charge in [-0.3, -0.25) is 0 Å². The van der Waals surface area contributed by atoms with Gasteiger partial charge in [-0.1, -0.05) is 12.1 Å². The Morgan fingerprint density at radius 3 is 1.45 bits per heavy atom. The topological polar surface area (TPSA) is 18.5 Å². The van der Waals surface area contributed by atoms with Crippen LogP contribution in [0.25, 0.3) is 11.1 Å². The molecular formula is C18H20Cl2O2. The predicted molar refractivity (Wildman–Crippen MR) is 93.3 cm³/mol. The average Bonchev–Trinajstić information content (AvgIpc) is 2.56. The van der Waals surface area contributed by atoms with Crippen LogP contribution in [0.15, 0.2) is 36.4 Å². The van der Waals surface area contributed by atoms with Gasteiger partial charge in [-0.15, -0.1) is 23.2 Å². The Morgan fingerprint density at radius 2 is 1.14 bits per heavy atom. The first-order valence-electron chi connectivity index (χ1n) is 7.37. The van der Waals surface area contributed by atoms with Crippen LogP contribution in [-0.4, -0.2) is 13.2 Å². The van der Waals surface area contributed by atoms with Crippen molar-refractivity contribution in [3.05, 3.63) is 47.5 Å². The summed E-state index contributed by atoms with van der Waals surface area (Å²) in [6.07, 6.45) is 0. The summed E-state index contributed by atoms with van der Waals surface area (Å²) in [6, 6.07) is 12.1. The lowest BCUT2D eigenvalue weighted by Crippen LogP contribution is -1.97. The summed E-state index contributed by atoms with van der Waals surface area (Å²) < 4.78 is 11.2. The Morgan fingerprint density at radius 1 is 0.727 bits per heavy atom. The van der Waals surface area contributed by atoms with Gasteiger partial charge in [-0.2, -0.15) is 0 Å². The van der Waals surface area contributed by atoms with E-state index < -0.39 is 0 Å². The number of alkyl halides is 2. The second-order valence-corrected chi connectivity index (χ2v) is 5.31. The molecule has 118 valence electrons. The molecule has 22 heavy (non-hydrogen) atoms. The van der Waals surface area contributed by atoms with Crippen molar-refractivity contribution in [3.63, 3.8) is 0 Å². The molecule has 0 amide bonds. The van der Waals surface area contributed by atoms with E-state index in [2.05, 4.69) is 12.1 Å². The van der Waals surface area contributed by atoms with Crippen molar-refractivity contribution in [1.29, 1.82) is 0 Å². The van der Waals surface area contributed by atoms with E-state index in [4.69, 9.17) is 32.7 Å². The molecule has 0 unspecified atom stereocenters. The van der Waals surface area contributed by atoms with Gasteiger partial charge in [-0.25, -0.2) is 0 Å². The van der Waals surface area contributed by atoms with Gasteiger partial charge >= 0.3 is 0 Å². The normalized spacial score (nSPS) is 10.5. The summed E-state index contributed by atoms with van der Waals surface area (Å²) in [5, 5.41) is 0. The number of halogens is 2.